The highest BCUT2D eigenvalue weighted by Crippen LogP contribution is 2.49. The molecule has 1 radical (unpaired) electrons. The Kier molecular flexibility index (Phi) is 4.75. The molecule has 1 aromatic carbocycles. The zero-order valence-electron chi connectivity index (χ0n) is 15.2. The van der Waals surface area contributed by atoms with Gasteiger partial charge in [0, 0.05) is 0 Å². The molecule has 0 amide bonds. The lowest BCUT2D eigenvalue weighted by Crippen LogP contribution is -2.60. The zero-order chi connectivity index (χ0) is 18.4. The summed E-state index contributed by atoms with van der Waals surface area (Å²) in [5, 5.41) is 0. The third kappa shape index (κ3) is 2.91. The summed E-state index contributed by atoms with van der Waals surface area (Å²) < 4.78 is 33.0. The van der Waals surface area contributed by atoms with E-state index in [0.717, 1.165) is 26.0 Å². The SMILES string of the molecule is Cc1ccc(S(=O)(=O)N2[B]OC(=O)C23CC(C)CCC3C(C)C)cc1. The summed E-state index contributed by atoms with van der Waals surface area (Å²) in [6.45, 7) is 8.07. The largest absolute Gasteiger partial charge is 0.519 e. The molecule has 2 fully saturated rings. The van der Waals surface area contributed by atoms with Crippen LogP contribution < -0.4 is 0 Å². The fourth-order valence-corrected chi connectivity index (χ4v) is 5.91. The first-order valence-electron chi connectivity index (χ1n) is 8.85. The van der Waals surface area contributed by atoms with E-state index in [1.807, 2.05) is 20.8 Å². The highest BCUT2D eigenvalue weighted by atomic mass is 32.2. The monoisotopic (exact) mass is 362 g/mol. The lowest BCUT2D eigenvalue weighted by Gasteiger charge is -2.47. The van der Waals surface area contributed by atoms with Crippen molar-refractivity contribution >= 4 is 23.6 Å². The average molecular weight is 362 g/mol. The lowest BCUT2D eigenvalue weighted by molar-refractivity contribution is -0.145. The molecule has 0 bridgehead atoms. The molecule has 3 atom stereocenters. The van der Waals surface area contributed by atoms with Crippen LogP contribution in [0.25, 0.3) is 0 Å². The summed E-state index contributed by atoms with van der Waals surface area (Å²) in [5.74, 6) is -0.0457. The summed E-state index contributed by atoms with van der Waals surface area (Å²) in [7, 11) is -2.74. The predicted octanol–water partition coefficient (Wildman–Crippen LogP) is 2.91. The van der Waals surface area contributed by atoms with Crippen LogP contribution in [0.5, 0.6) is 0 Å². The minimum atomic E-state index is -3.85. The van der Waals surface area contributed by atoms with Gasteiger partial charge >= 0.3 is 13.6 Å². The molecule has 1 heterocycles. The van der Waals surface area contributed by atoms with Crippen LogP contribution in [0.2, 0.25) is 0 Å². The minimum absolute atomic E-state index is 0.0600. The second-order valence-electron chi connectivity index (χ2n) is 7.79. The van der Waals surface area contributed by atoms with Crippen molar-refractivity contribution in [3.8, 4) is 0 Å². The summed E-state index contributed by atoms with van der Waals surface area (Å²) in [6, 6.07) is 6.71. The summed E-state index contributed by atoms with van der Waals surface area (Å²) in [4.78, 5) is 13.0. The molecular weight excluding hydrogens is 337 g/mol. The molecule has 1 saturated heterocycles. The molecular formula is C18H25BNO4S. The van der Waals surface area contributed by atoms with E-state index in [-0.39, 0.29) is 22.6 Å². The molecule has 1 aliphatic carbocycles. The van der Waals surface area contributed by atoms with Gasteiger partial charge in [0.25, 0.3) is 0 Å². The van der Waals surface area contributed by atoms with Gasteiger partial charge < -0.3 is 4.65 Å². The molecule has 3 unspecified atom stereocenters. The number of rotatable bonds is 3. The lowest BCUT2D eigenvalue weighted by atomic mass is 9.64. The van der Waals surface area contributed by atoms with E-state index in [2.05, 4.69) is 6.92 Å². The van der Waals surface area contributed by atoms with Gasteiger partial charge in [-0.25, -0.2) is 8.42 Å². The van der Waals surface area contributed by atoms with E-state index >= 15 is 0 Å². The first-order chi connectivity index (χ1) is 11.7. The van der Waals surface area contributed by atoms with Gasteiger partial charge in [-0.05, 0) is 49.7 Å². The number of hydrogen-bond acceptors (Lipinski definition) is 4. The van der Waals surface area contributed by atoms with E-state index in [9.17, 15) is 13.2 Å². The molecule has 2 aliphatic rings. The van der Waals surface area contributed by atoms with Gasteiger partial charge in [-0.2, -0.15) is 4.22 Å². The Labute approximate surface area is 151 Å². The Morgan fingerprint density at radius 2 is 1.88 bits per heavy atom. The van der Waals surface area contributed by atoms with Crippen molar-refractivity contribution in [2.75, 3.05) is 0 Å². The Morgan fingerprint density at radius 1 is 1.24 bits per heavy atom. The molecule has 1 aliphatic heterocycles. The highest BCUT2D eigenvalue weighted by Gasteiger charge is 2.62. The molecule has 5 nitrogen and oxygen atoms in total. The van der Waals surface area contributed by atoms with Crippen LogP contribution in [-0.2, 0) is 19.5 Å². The molecule has 1 saturated carbocycles. The van der Waals surface area contributed by atoms with Crippen LogP contribution >= 0.6 is 0 Å². The molecule has 3 rings (SSSR count). The first kappa shape index (κ1) is 18.5. The highest BCUT2D eigenvalue weighted by molar-refractivity contribution is 7.90. The number of carbonyl (C=O) groups is 1. The summed E-state index contributed by atoms with van der Waals surface area (Å²) >= 11 is 0. The predicted molar refractivity (Wildman–Crippen MR) is 96.1 cm³/mol. The van der Waals surface area contributed by atoms with Crippen molar-refractivity contribution in [2.45, 2.75) is 57.4 Å². The van der Waals surface area contributed by atoms with Crippen molar-refractivity contribution in [1.82, 2.24) is 4.22 Å². The van der Waals surface area contributed by atoms with Crippen molar-refractivity contribution in [1.29, 1.82) is 0 Å². The molecule has 1 spiro atoms. The van der Waals surface area contributed by atoms with Crippen molar-refractivity contribution in [3.63, 3.8) is 0 Å². The third-order valence-electron chi connectivity index (χ3n) is 5.63. The molecule has 135 valence electrons. The maximum absolute atomic E-state index is 13.3. The summed E-state index contributed by atoms with van der Waals surface area (Å²) in [5.41, 5.74) is -0.145. The van der Waals surface area contributed by atoms with Crippen LogP contribution in [-0.4, -0.2) is 31.8 Å². The average Bonchev–Trinajstić information content (AvgIpc) is 2.85. The van der Waals surface area contributed by atoms with Crippen LogP contribution in [0.3, 0.4) is 0 Å². The van der Waals surface area contributed by atoms with Crippen LogP contribution in [0.1, 0.15) is 45.6 Å². The van der Waals surface area contributed by atoms with Gasteiger partial charge in [0.1, 0.15) is 5.54 Å². The quantitative estimate of drug-likeness (QED) is 0.776. The van der Waals surface area contributed by atoms with Crippen molar-refractivity contribution in [3.05, 3.63) is 29.8 Å². The van der Waals surface area contributed by atoms with E-state index in [4.69, 9.17) is 4.65 Å². The molecule has 0 N–H and O–H groups in total. The first-order valence-corrected chi connectivity index (χ1v) is 10.3. The minimum Gasteiger partial charge on any atom is -0.519 e. The summed E-state index contributed by atoms with van der Waals surface area (Å²) in [6.07, 6.45) is 2.31. The topological polar surface area (TPSA) is 63.7 Å². The number of nitrogens with zero attached hydrogens (tertiary/aromatic N) is 1. The second kappa shape index (κ2) is 6.43. The molecule has 7 heteroatoms. The maximum atomic E-state index is 13.3. The fourth-order valence-electron chi connectivity index (χ4n) is 4.34. The fraction of sp³-hybridized carbons (Fsp3) is 0.611. The third-order valence-corrected chi connectivity index (χ3v) is 7.43. The van der Waals surface area contributed by atoms with Crippen LogP contribution in [0, 0.1) is 24.7 Å². The number of benzene rings is 1. The van der Waals surface area contributed by atoms with Gasteiger partial charge in [-0.15, -0.1) is 0 Å². The Balaban J connectivity index is 2.10. The number of aryl methyl sites for hydroxylation is 1. The van der Waals surface area contributed by atoms with Crippen LogP contribution in [0.4, 0.5) is 0 Å². The van der Waals surface area contributed by atoms with E-state index in [0.29, 0.717) is 6.42 Å². The Morgan fingerprint density at radius 3 is 2.48 bits per heavy atom. The van der Waals surface area contributed by atoms with E-state index < -0.39 is 21.5 Å². The Hall–Kier alpha value is -1.34. The Bertz CT molecular complexity index is 762. The number of hydrogen-bond donors (Lipinski definition) is 0. The molecule has 0 aromatic heterocycles. The number of carbonyl (C=O) groups excluding carboxylic acids is 1. The van der Waals surface area contributed by atoms with Gasteiger partial charge in [0.05, 0.1) is 4.90 Å². The standard InChI is InChI=1S/C18H25BNO4S/c1-12(2)16-10-7-14(4)11-18(16)17(21)24-19-20(18)25(22,23)15-8-5-13(3)6-9-15/h5-6,8-9,12,14,16H,7,10-11H2,1-4H3. The zero-order valence-corrected chi connectivity index (χ0v) is 16.0. The van der Waals surface area contributed by atoms with Crippen molar-refractivity contribution in [2.24, 2.45) is 17.8 Å². The van der Waals surface area contributed by atoms with Gasteiger partial charge in [0.15, 0.2) is 0 Å². The molecule has 1 aromatic rings. The van der Waals surface area contributed by atoms with Gasteiger partial charge in [-0.3, -0.25) is 4.79 Å². The number of sulfonamides is 1. The van der Waals surface area contributed by atoms with E-state index in [1.165, 1.54) is 4.22 Å². The van der Waals surface area contributed by atoms with Gasteiger partial charge in [0.2, 0.25) is 10.0 Å². The van der Waals surface area contributed by atoms with Crippen molar-refractivity contribution < 1.29 is 17.9 Å². The maximum Gasteiger partial charge on any atom is 0.498 e. The second-order valence-corrected chi connectivity index (χ2v) is 9.60. The van der Waals surface area contributed by atoms with Crippen LogP contribution in [0.15, 0.2) is 29.2 Å². The molecule has 25 heavy (non-hydrogen) atoms. The van der Waals surface area contributed by atoms with E-state index in [1.54, 1.807) is 24.3 Å². The van der Waals surface area contributed by atoms with Gasteiger partial charge in [-0.1, -0.05) is 44.9 Å². The normalized spacial score (nSPS) is 30.5. The smallest absolute Gasteiger partial charge is 0.498 e.